The Balaban J connectivity index is 1.68. The predicted octanol–water partition coefficient (Wildman–Crippen LogP) is 4.42. The van der Waals surface area contributed by atoms with Gasteiger partial charge in [0.1, 0.15) is 16.4 Å². The molecule has 3 aromatic rings. The molecule has 0 bridgehead atoms. The van der Waals surface area contributed by atoms with Gasteiger partial charge < -0.3 is 19.3 Å². The van der Waals surface area contributed by atoms with Crippen molar-refractivity contribution in [3.63, 3.8) is 0 Å². The second-order valence-corrected chi connectivity index (χ2v) is 16.1. The quantitative estimate of drug-likeness (QED) is 0.240. The lowest BCUT2D eigenvalue weighted by Crippen LogP contribution is -2.62. The first kappa shape index (κ1) is 40.7. The number of carbonyl (C=O) groups excluding carboxylic acids is 2. The molecule has 16 heteroatoms. The zero-order valence-corrected chi connectivity index (χ0v) is 33.4. The molecule has 3 aromatic carbocycles. The highest BCUT2D eigenvalue weighted by molar-refractivity contribution is 7.89. The zero-order valence-electron chi connectivity index (χ0n) is 31.1. The molecule has 0 saturated carbocycles. The molecule has 288 valence electrons. The van der Waals surface area contributed by atoms with E-state index in [4.69, 9.17) is 37.5 Å². The summed E-state index contributed by atoms with van der Waals surface area (Å²) in [6.45, 7) is 7.72. The van der Waals surface area contributed by atoms with Crippen LogP contribution in [0.2, 0.25) is 10.0 Å². The lowest BCUT2D eigenvalue weighted by Gasteiger charge is -2.41. The topological polar surface area (TPSA) is 133 Å². The van der Waals surface area contributed by atoms with Gasteiger partial charge in [0.2, 0.25) is 5.91 Å². The van der Waals surface area contributed by atoms with Gasteiger partial charge in [0, 0.05) is 68.0 Å². The Morgan fingerprint density at radius 3 is 1.87 bits per heavy atom. The van der Waals surface area contributed by atoms with Crippen LogP contribution in [0.5, 0.6) is 11.5 Å². The third kappa shape index (κ3) is 8.45. The number of methoxy groups -OCH3 is 1. The number of carbonyl (C=O) groups is 2. The van der Waals surface area contributed by atoms with Crippen LogP contribution in [0.1, 0.15) is 49.5 Å². The average molecular weight is 792 g/mol. The molecule has 13 nitrogen and oxygen atoms in total. The fourth-order valence-corrected chi connectivity index (χ4v) is 7.99. The standard InChI is InChI=1S/C37H48Cl2N6O7S/c1-8-52-30-22-31(50-6)32(53(48,49)43(5)51-7)21-29(30)37(36(47)45-19-17-44(18-20-45)23-33(46)42(4)24(2)3)40-34(25-9-13-27(38)14-10-25)35(41-37)26-11-15-28(39)16-12-26/h9-16,21-22,24,34-35,40-41H,8,17-20,23H2,1-7H3/t34-,35+,37?. The Labute approximate surface area is 322 Å². The van der Waals surface area contributed by atoms with Crippen molar-refractivity contribution >= 4 is 45.0 Å². The largest absolute Gasteiger partial charge is 0.495 e. The second kappa shape index (κ2) is 16.9. The first-order chi connectivity index (χ1) is 25.2. The number of hydrogen-bond acceptors (Lipinski definition) is 10. The van der Waals surface area contributed by atoms with E-state index >= 15 is 4.79 Å². The van der Waals surface area contributed by atoms with E-state index in [-0.39, 0.29) is 53.0 Å². The van der Waals surface area contributed by atoms with Gasteiger partial charge in [-0.2, -0.15) is 0 Å². The molecule has 53 heavy (non-hydrogen) atoms. The highest BCUT2D eigenvalue weighted by atomic mass is 35.5. The minimum atomic E-state index is -4.29. The predicted molar refractivity (Wildman–Crippen MR) is 203 cm³/mol. The van der Waals surface area contributed by atoms with E-state index in [1.165, 1.54) is 33.4 Å². The van der Waals surface area contributed by atoms with E-state index in [1.807, 2.05) is 43.0 Å². The van der Waals surface area contributed by atoms with E-state index < -0.39 is 27.8 Å². The van der Waals surface area contributed by atoms with Crippen LogP contribution in [0.4, 0.5) is 0 Å². The average Bonchev–Trinajstić information content (AvgIpc) is 3.56. The molecule has 2 amide bonds. The summed E-state index contributed by atoms with van der Waals surface area (Å²) >= 11 is 12.6. The number of sulfonamides is 1. The normalized spacial score (nSPS) is 20.9. The number of hydroxylamine groups is 1. The molecule has 2 fully saturated rings. The van der Waals surface area contributed by atoms with Crippen molar-refractivity contribution in [3.8, 4) is 11.5 Å². The molecule has 2 aliphatic rings. The Morgan fingerprint density at radius 2 is 1.42 bits per heavy atom. The summed E-state index contributed by atoms with van der Waals surface area (Å²) < 4.78 is 40.2. The van der Waals surface area contributed by atoms with Gasteiger partial charge in [0.25, 0.3) is 15.9 Å². The lowest BCUT2D eigenvalue weighted by molar-refractivity contribution is -0.142. The smallest absolute Gasteiger partial charge is 0.268 e. The van der Waals surface area contributed by atoms with E-state index in [0.29, 0.717) is 36.2 Å². The number of hydrogen-bond donors (Lipinski definition) is 2. The molecule has 3 atom stereocenters. The number of likely N-dealkylation sites (N-methyl/N-ethyl adjacent to an activating group) is 1. The number of rotatable bonds is 13. The molecule has 0 aromatic heterocycles. The van der Waals surface area contributed by atoms with Crippen molar-refractivity contribution in [1.29, 1.82) is 0 Å². The van der Waals surface area contributed by atoms with E-state index in [1.54, 1.807) is 48.0 Å². The summed E-state index contributed by atoms with van der Waals surface area (Å²) in [6.07, 6.45) is 0. The number of nitrogens with zero attached hydrogens (tertiary/aromatic N) is 4. The van der Waals surface area contributed by atoms with Crippen LogP contribution in [0, 0.1) is 0 Å². The van der Waals surface area contributed by atoms with Gasteiger partial charge in [0.15, 0.2) is 5.66 Å². The summed E-state index contributed by atoms with van der Waals surface area (Å²) in [6, 6.07) is 16.6. The van der Waals surface area contributed by atoms with Crippen LogP contribution >= 0.6 is 23.2 Å². The minimum absolute atomic E-state index is 0.00124. The molecule has 5 rings (SSSR count). The Kier molecular flexibility index (Phi) is 13.0. The second-order valence-electron chi connectivity index (χ2n) is 13.3. The van der Waals surface area contributed by atoms with E-state index in [2.05, 4.69) is 10.6 Å². The third-order valence-corrected chi connectivity index (χ3v) is 12.1. The van der Waals surface area contributed by atoms with Gasteiger partial charge in [-0.25, -0.2) is 8.42 Å². The zero-order chi connectivity index (χ0) is 38.7. The maximum Gasteiger partial charge on any atom is 0.268 e. The van der Waals surface area contributed by atoms with Crippen molar-refractivity contribution in [2.24, 2.45) is 0 Å². The monoisotopic (exact) mass is 790 g/mol. The third-order valence-electron chi connectivity index (χ3n) is 9.89. The van der Waals surface area contributed by atoms with E-state index in [9.17, 15) is 13.2 Å². The van der Waals surface area contributed by atoms with E-state index in [0.717, 1.165) is 15.6 Å². The molecule has 2 heterocycles. The van der Waals surface area contributed by atoms with Gasteiger partial charge in [0.05, 0.1) is 39.5 Å². The SMILES string of the molecule is CCOc1cc(OC)c(S(=O)(=O)N(C)OC)cc1C1(C(=O)N2CCN(CC(=O)N(C)C(C)C)CC2)N[C@H](c2ccc(Cl)cc2)[C@H](c2ccc(Cl)cc2)N1. The number of nitrogens with one attached hydrogen (secondary N) is 2. The van der Waals surface area contributed by atoms with Crippen LogP contribution in [0.15, 0.2) is 65.6 Å². The van der Waals surface area contributed by atoms with Crippen molar-refractivity contribution in [1.82, 2.24) is 29.8 Å². The Bertz CT molecular complexity index is 1820. The maximum absolute atomic E-state index is 15.4. The summed E-state index contributed by atoms with van der Waals surface area (Å²) in [5.74, 6) is -0.103. The first-order valence-electron chi connectivity index (χ1n) is 17.4. The summed E-state index contributed by atoms with van der Waals surface area (Å²) in [5, 5.41) is 8.36. The van der Waals surface area contributed by atoms with Crippen molar-refractivity contribution < 1.29 is 32.3 Å². The maximum atomic E-state index is 15.4. The lowest BCUT2D eigenvalue weighted by atomic mass is 9.95. The van der Waals surface area contributed by atoms with Crippen molar-refractivity contribution in [2.75, 3.05) is 67.6 Å². The molecule has 2 aliphatic heterocycles. The number of halogens is 2. The molecule has 0 radical (unpaired) electrons. The fourth-order valence-electron chi connectivity index (χ4n) is 6.60. The van der Waals surface area contributed by atoms with Crippen molar-refractivity contribution in [3.05, 3.63) is 87.4 Å². The molecule has 2 saturated heterocycles. The van der Waals surface area contributed by atoms with Gasteiger partial charge in [-0.3, -0.25) is 30.0 Å². The van der Waals surface area contributed by atoms with Crippen LogP contribution in [0.3, 0.4) is 0 Å². The molecule has 0 spiro atoms. The van der Waals surface area contributed by atoms with Gasteiger partial charge in [-0.05, 0) is 62.2 Å². The van der Waals surface area contributed by atoms with Crippen LogP contribution in [-0.2, 0) is 30.1 Å². The van der Waals surface area contributed by atoms with Gasteiger partial charge in [-0.15, -0.1) is 0 Å². The molecule has 0 aliphatic carbocycles. The first-order valence-corrected chi connectivity index (χ1v) is 19.6. The van der Waals surface area contributed by atoms with Crippen molar-refractivity contribution in [2.45, 2.75) is 49.5 Å². The molecular formula is C37H48Cl2N6O7S. The van der Waals surface area contributed by atoms with Crippen LogP contribution in [-0.4, -0.2) is 113 Å². The van der Waals surface area contributed by atoms with Gasteiger partial charge >= 0.3 is 0 Å². The molecular weight excluding hydrogens is 743 g/mol. The number of amides is 2. The Hall–Kier alpha value is -3.47. The summed E-state index contributed by atoms with van der Waals surface area (Å²) in [5.41, 5.74) is 0.150. The Morgan fingerprint density at radius 1 is 0.887 bits per heavy atom. The summed E-state index contributed by atoms with van der Waals surface area (Å²) in [7, 11) is 1.37. The van der Waals surface area contributed by atoms with Crippen LogP contribution in [0.25, 0.3) is 0 Å². The highest BCUT2D eigenvalue weighted by Crippen LogP contribution is 2.47. The molecule has 2 N–H and O–H groups in total. The summed E-state index contributed by atoms with van der Waals surface area (Å²) in [4.78, 5) is 38.6. The molecule has 1 unspecified atom stereocenters. The highest BCUT2D eigenvalue weighted by Gasteiger charge is 2.55. The van der Waals surface area contributed by atoms with Gasteiger partial charge in [-0.1, -0.05) is 51.9 Å². The fraction of sp³-hybridized carbons (Fsp3) is 0.459. The number of piperazine rings is 1. The minimum Gasteiger partial charge on any atom is -0.495 e. The number of benzene rings is 3. The number of ether oxygens (including phenoxy) is 2. The van der Waals surface area contributed by atoms with Crippen LogP contribution < -0.4 is 20.1 Å².